The first-order valence-corrected chi connectivity index (χ1v) is 10.6. The molecule has 1 aliphatic heterocycles. The van der Waals surface area contributed by atoms with Gasteiger partial charge in [-0.15, -0.1) is 0 Å². The minimum absolute atomic E-state index is 0.000554. The van der Waals surface area contributed by atoms with E-state index in [4.69, 9.17) is 0 Å². The molecule has 0 radical (unpaired) electrons. The first-order valence-electron chi connectivity index (χ1n) is 10.6. The van der Waals surface area contributed by atoms with Crippen LogP contribution in [0, 0.1) is 12.8 Å². The summed E-state index contributed by atoms with van der Waals surface area (Å²) < 4.78 is 0. The Balaban J connectivity index is 1.33. The molecule has 0 saturated carbocycles. The predicted octanol–water partition coefficient (Wildman–Crippen LogP) is 4.41. The van der Waals surface area contributed by atoms with Crippen LogP contribution in [0.5, 0.6) is 0 Å². The zero-order valence-electron chi connectivity index (χ0n) is 17.8. The summed E-state index contributed by atoms with van der Waals surface area (Å²) >= 11 is 0. The van der Waals surface area contributed by atoms with Gasteiger partial charge in [0, 0.05) is 23.6 Å². The van der Waals surface area contributed by atoms with Gasteiger partial charge in [-0.25, -0.2) is 9.80 Å². The number of anilines is 1. The minimum atomic E-state index is -0.289. The second-order valence-electron chi connectivity index (χ2n) is 7.73. The van der Waals surface area contributed by atoms with Gasteiger partial charge in [-0.05, 0) is 49.1 Å². The second-order valence-corrected chi connectivity index (χ2v) is 7.73. The Morgan fingerprint density at radius 3 is 2.81 bits per heavy atom. The van der Waals surface area contributed by atoms with Crippen LogP contribution in [0.2, 0.25) is 0 Å². The highest BCUT2D eigenvalue weighted by Crippen LogP contribution is 2.24. The quantitative estimate of drug-likeness (QED) is 0.531. The van der Waals surface area contributed by atoms with Crippen LogP contribution < -0.4 is 10.6 Å². The van der Waals surface area contributed by atoms with Crippen molar-refractivity contribution in [3.63, 3.8) is 0 Å². The molecule has 3 amide bonds. The first-order chi connectivity index (χ1) is 15.1. The summed E-state index contributed by atoms with van der Waals surface area (Å²) in [6.45, 7) is 4.91. The van der Waals surface area contributed by atoms with E-state index >= 15 is 0 Å². The van der Waals surface area contributed by atoms with Crippen molar-refractivity contribution in [3.05, 3.63) is 65.9 Å². The average Bonchev–Trinajstić information content (AvgIpc) is 3.36. The number of aryl methyl sites for hydroxylation is 1. The lowest BCUT2D eigenvalue weighted by Crippen LogP contribution is -2.34. The molecule has 1 aromatic heterocycles. The maximum absolute atomic E-state index is 13.0. The smallest absolute Gasteiger partial charge is 0.319 e. The van der Waals surface area contributed by atoms with Crippen molar-refractivity contribution in [3.8, 4) is 0 Å². The van der Waals surface area contributed by atoms with Crippen LogP contribution >= 0.6 is 0 Å². The number of amides is 3. The molecule has 0 aliphatic carbocycles. The van der Waals surface area contributed by atoms with Crippen LogP contribution in [-0.2, 0) is 11.3 Å². The number of hydrogen-bond donors (Lipinski definition) is 3. The second kappa shape index (κ2) is 9.04. The van der Waals surface area contributed by atoms with E-state index in [1.807, 2.05) is 68.6 Å². The van der Waals surface area contributed by atoms with E-state index < -0.39 is 0 Å². The zero-order valence-corrected chi connectivity index (χ0v) is 17.8. The molecule has 7 heteroatoms. The number of aromatic amines is 1. The van der Waals surface area contributed by atoms with Gasteiger partial charge in [0.1, 0.15) is 0 Å². The molecular formula is C24H27N5O2. The number of nitrogens with one attached hydrogen (secondary N) is 3. The standard InChI is InChI=1S/C24H27N5O2/c1-3-20-19(23(30)29(28-20)15-17-8-5-4-7-16(17)2)12-14-26-24(31)27-22-10-6-9-21-18(22)11-13-25-21/h4-11,13,19,25H,3,12,14-15H2,1-2H3,(H2,26,27,31). The number of nitrogens with zero attached hydrogens (tertiary/aromatic N) is 2. The number of hydrogen-bond acceptors (Lipinski definition) is 3. The predicted molar refractivity (Wildman–Crippen MR) is 123 cm³/mol. The molecule has 1 atom stereocenters. The molecule has 0 spiro atoms. The van der Waals surface area contributed by atoms with Gasteiger partial charge in [0.2, 0.25) is 0 Å². The first kappa shape index (κ1) is 20.7. The Hall–Kier alpha value is -3.61. The van der Waals surface area contributed by atoms with Gasteiger partial charge in [0.25, 0.3) is 5.91 Å². The molecule has 3 aromatic rings. The topological polar surface area (TPSA) is 89.6 Å². The van der Waals surface area contributed by atoms with Crippen molar-refractivity contribution in [1.82, 2.24) is 15.3 Å². The highest BCUT2D eigenvalue weighted by molar-refractivity contribution is 6.08. The summed E-state index contributed by atoms with van der Waals surface area (Å²) in [7, 11) is 0. The van der Waals surface area contributed by atoms with E-state index in [1.165, 1.54) is 0 Å². The SMILES string of the molecule is CCC1=NN(Cc2ccccc2C)C(=O)C1CCNC(=O)Nc1cccc2[nH]ccc12. The van der Waals surface area contributed by atoms with Crippen molar-refractivity contribution in [2.24, 2.45) is 11.0 Å². The maximum Gasteiger partial charge on any atom is 0.319 e. The van der Waals surface area contributed by atoms with Gasteiger partial charge in [-0.2, -0.15) is 5.10 Å². The number of urea groups is 1. The number of H-pyrrole nitrogens is 1. The van der Waals surface area contributed by atoms with Gasteiger partial charge in [0.05, 0.1) is 23.9 Å². The van der Waals surface area contributed by atoms with E-state index in [0.29, 0.717) is 25.9 Å². The molecular weight excluding hydrogens is 390 g/mol. The third-order valence-electron chi connectivity index (χ3n) is 5.71. The van der Waals surface area contributed by atoms with E-state index in [9.17, 15) is 9.59 Å². The lowest BCUT2D eigenvalue weighted by Gasteiger charge is -2.16. The molecule has 0 fully saturated rings. The van der Waals surface area contributed by atoms with E-state index in [1.54, 1.807) is 5.01 Å². The summed E-state index contributed by atoms with van der Waals surface area (Å²) in [5, 5.41) is 12.8. The fraction of sp³-hybridized carbons (Fsp3) is 0.292. The highest BCUT2D eigenvalue weighted by Gasteiger charge is 2.34. The summed E-state index contributed by atoms with van der Waals surface area (Å²) in [5.74, 6) is -0.290. The van der Waals surface area contributed by atoms with E-state index in [0.717, 1.165) is 33.4 Å². The van der Waals surface area contributed by atoms with Gasteiger partial charge in [0.15, 0.2) is 0 Å². The summed E-state index contributed by atoms with van der Waals surface area (Å²) in [4.78, 5) is 28.5. The van der Waals surface area contributed by atoms with Gasteiger partial charge >= 0.3 is 6.03 Å². The molecule has 7 nitrogen and oxygen atoms in total. The minimum Gasteiger partial charge on any atom is -0.361 e. The number of carbonyl (C=O) groups excluding carboxylic acids is 2. The normalized spacial score (nSPS) is 15.9. The van der Waals surface area contributed by atoms with Crippen LogP contribution in [0.25, 0.3) is 10.9 Å². The fourth-order valence-electron chi connectivity index (χ4n) is 3.96. The fourth-order valence-corrected chi connectivity index (χ4v) is 3.96. The Morgan fingerprint density at radius 1 is 1.16 bits per heavy atom. The van der Waals surface area contributed by atoms with Crippen molar-refractivity contribution in [2.45, 2.75) is 33.2 Å². The molecule has 2 heterocycles. The van der Waals surface area contributed by atoms with Crippen LogP contribution in [-0.4, -0.2) is 34.2 Å². The van der Waals surface area contributed by atoms with E-state index in [2.05, 4.69) is 20.7 Å². The third kappa shape index (κ3) is 4.45. The molecule has 0 bridgehead atoms. The number of fused-ring (bicyclic) bond motifs is 1. The Bertz CT molecular complexity index is 1130. The molecule has 1 unspecified atom stereocenters. The largest absolute Gasteiger partial charge is 0.361 e. The number of aromatic nitrogens is 1. The molecule has 4 rings (SSSR count). The Kier molecular flexibility index (Phi) is 6.02. The molecule has 2 aromatic carbocycles. The van der Waals surface area contributed by atoms with E-state index in [-0.39, 0.29) is 17.9 Å². The summed E-state index contributed by atoms with van der Waals surface area (Å²) in [5.41, 5.74) is 4.81. The van der Waals surface area contributed by atoms with Crippen molar-refractivity contribution >= 4 is 34.2 Å². The Labute approximate surface area is 181 Å². The zero-order chi connectivity index (χ0) is 21.8. The van der Waals surface area contributed by atoms with Crippen LogP contribution in [0.3, 0.4) is 0 Å². The van der Waals surface area contributed by atoms with Crippen molar-refractivity contribution in [2.75, 3.05) is 11.9 Å². The Morgan fingerprint density at radius 2 is 2.00 bits per heavy atom. The number of carbonyl (C=O) groups is 2. The number of benzene rings is 2. The number of rotatable bonds is 7. The molecule has 160 valence electrons. The van der Waals surface area contributed by atoms with Crippen molar-refractivity contribution in [1.29, 1.82) is 0 Å². The lowest BCUT2D eigenvalue weighted by atomic mass is 9.97. The summed E-state index contributed by atoms with van der Waals surface area (Å²) in [6, 6.07) is 15.4. The number of hydrazone groups is 1. The van der Waals surface area contributed by atoms with Crippen LogP contribution in [0.1, 0.15) is 30.9 Å². The monoisotopic (exact) mass is 417 g/mol. The lowest BCUT2D eigenvalue weighted by molar-refractivity contribution is -0.132. The van der Waals surface area contributed by atoms with Crippen molar-refractivity contribution < 1.29 is 9.59 Å². The molecule has 1 aliphatic rings. The van der Waals surface area contributed by atoms with Gasteiger partial charge in [-0.3, -0.25) is 4.79 Å². The third-order valence-corrected chi connectivity index (χ3v) is 5.71. The maximum atomic E-state index is 13.0. The summed E-state index contributed by atoms with van der Waals surface area (Å²) in [6.07, 6.45) is 3.08. The van der Waals surface area contributed by atoms with Crippen LogP contribution in [0.4, 0.5) is 10.5 Å². The molecule has 0 saturated heterocycles. The average molecular weight is 418 g/mol. The van der Waals surface area contributed by atoms with Crippen LogP contribution in [0.15, 0.2) is 59.8 Å². The molecule has 31 heavy (non-hydrogen) atoms. The van der Waals surface area contributed by atoms with Gasteiger partial charge < -0.3 is 15.6 Å². The van der Waals surface area contributed by atoms with Gasteiger partial charge in [-0.1, -0.05) is 37.3 Å². The highest BCUT2D eigenvalue weighted by atomic mass is 16.2. The molecule has 3 N–H and O–H groups in total.